The minimum absolute atomic E-state index is 0.582. The van der Waals surface area contributed by atoms with E-state index in [-0.39, 0.29) is 0 Å². The van der Waals surface area contributed by atoms with Gasteiger partial charge in [-0.3, -0.25) is 4.90 Å². The van der Waals surface area contributed by atoms with Gasteiger partial charge in [0.1, 0.15) is 5.75 Å². The fourth-order valence-electron chi connectivity index (χ4n) is 3.74. The van der Waals surface area contributed by atoms with E-state index in [9.17, 15) is 0 Å². The molecular formula is C17H25BrN2O. The van der Waals surface area contributed by atoms with Crippen LogP contribution in [0.4, 0.5) is 5.69 Å². The predicted molar refractivity (Wildman–Crippen MR) is 91.3 cm³/mol. The molecule has 3 rings (SSSR count). The Morgan fingerprint density at radius 1 is 1.24 bits per heavy atom. The summed E-state index contributed by atoms with van der Waals surface area (Å²) in [6.07, 6.45) is 2.69. The minimum atomic E-state index is 0.582. The van der Waals surface area contributed by atoms with Crippen molar-refractivity contribution in [2.45, 2.75) is 38.8 Å². The normalized spacial score (nSPS) is 26.2. The first-order valence-corrected chi connectivity index (χ1v) is 8.73. The lowest BCUT2D eigenvalue weighted by Gasteiger charge is -2.47. The summed E-state index contributed by atoms with van der Waals surface area (Å²) in [6.45, 7) is 8.29. The number of rotatable bonds is 3. The molecule has 0 radical (unpaired) electrons. The number of piperazine rings is 1. The zero-order valence-corrected chi connectivity index (χ0v) is 14.8. The molecule has 0 N–H and O–H groups in total. The van der Waals surface area contributed by atoms with Gasteiger partial charge in [0.2, 0.25) is 0 Å². The monoisotopic (exact) mass is 352 g/mol. The molecule has 0 saturated carbocycles. The molecule has 2 aliphatic heterocycles. The number of fused-ring (bicyclic) bond motifs is 1. The molecule has 0 aromatic heterocycles. The standard InChI is InChI=1S/C17H25BrN2O/c1-12(2)17-11-19-6-4-5-14(19)10-20(17)15-7-13(18)8-16(9-15)21-3/h7-9,12,14,17H,4-6,10-11H2,1-3H3. The molecule has 0 spiro atoms. The number of ether oxygens (including phenoxy) is 1. The van der Waals surface area contributed by atoms with Crippen LogP contribution in [0.25, 0.3) is 0 Å². The number of hydrogen-bond acceptors (Lipinski definition) is 3. The van der Waals surface area contributed by atoms with Gasteiger partial charge in [-0.25, -0.2) is 0 Å². The van der Waals surface area contributed by atoms with Crippen LogP contribution in [0, 0.1) is 5.92 Å². The highest BCUT2D eigenvalue weighted by atomic mass is 79.9. The molecule has 0 amide bonds. The van der Waals surface area contributed by atoms with Crippen molar-refractivity contribution >= 4 is 21.6 Å². The first kappa shape index (κ1) is 15.2. The maximum Gasteiger partial charge on any atom is 0.122 e. The van der Waals surface area contributed by atoms with Crippen molar-refractivity contribution < 1.29 is 4.74 Å². The Bertz CT molecular complexity index is 506. The summed E-state index contributed by atoms with van der Waals surface area (Å²) in [5.74, 6) is 1.58. The Balaban J connectivity index is 1.91. The largest absolute Gasteiger partial charge is 0.497 e. The van der Waals surface area contributed by atoms with Crippen LogP contribution in [0.3, 0.4) is 0 Å². The van der Waals surface area contributed by atoms with Crippen LogP contribution >= 0.6 is 15.9 Å². The lowest BCUT2D eigenvalue weighted by Crippen LogP contribution is -2.58. The second-order valence-corrected chi connectivity index (χ2v) is 7.52. The van der Waals surface area contributed by atoms with Gasteiger partial charge in [-0.1, -0.05) is 29.8 Å². The Morgan fingerprint density at radius 3 is 2.76 bits per heavy atom. The molecule has 2 aliphatic rings. The second-order valence-electron chi connectivity index (χ2n) is 6.60. The van der Waals surface area contributed by atoms with Crippen LogP contribution in [0.15, 0.2) is 22.7 Å². The van der Waals surface area contributed by atoms with Gasteiger partial charge in [0.15, 0.2) is 0 Å². The Kier molecular flexibility index (Phi) is 4.46. The minimum Gasteiger partial charge on any atom is -0.497 e. The van der Waals surface area contributed by atoms with Gasteiger partial charge < -0.3 is 9.64 Å². The molecule has 0 bridgehead atoms. The first-order chi connectivity index (χ1) is 10.1. The average Bonchev–Trinajstić information content (AvgIpc) is 2.92. The van der Waals surface area contributed by atoms with Crippen LogP contribution in [0.5, 0.6) is 5.75 Å². The quantitative estimate of drug-likeness (QED) is 0.823. The highest BCUT2D eigenvalue weighted by molar-refractivity contribution is 9.10. The number of nitrogens with zero attached hydrogens (tertiary/aromatic N) is 2. The van der Waals surface area contributed by atoms with Crippen molar-refractivity contribution in [3.8, 4) is 5.75 Å². The van der Waals surface area contributed by atoms with E-state index in [4.69, 9.17) is 4.74 Å². The average molecular weight is 353 g/mol. The van der Waals surface area contributed by atoms with Crippen molar-refractivity contribution in [3.63, 3.8) is 0 Å². The summed E-state index contributed by atoms with van der Waals surface area (Å²) in [6, 6.07) is 7.73. The molecule has 1 aromatic rings. The second kappa shape index (κ2) is 6.17. The highest BCUT2D eigenvalue weighted by Gasteiger charge is 2.37. The SMILES string of the molecule is COc1cc(Br)cc(N2CC3CCCN3CC2C(C)C)c1. The predicted octanol–water partition coefficient (Wildman–Crippen LogP) is 3.77. The topological polar surface area (TPSA) is 15.7 Å². The third kappa shape index (κ3) is 3.07. The number of anilines is 1. The molecule has 2 unspecified atom stereocenters. The van der Waals surface area contributed by atoms with E-state index in [1.165, 1.54) is 31.6 Å². The van der Waals surface area contributed by atoms with Crippen LogP contribution in [-0.2, 0) is 0 Å². The van der Waals surface area contributed by atoms with Crippen molar-refractivity contribution in [2.24, 2.45) is 5.92 Å². The molecule has 0 aliphatic carbocycles. The zero-order chi connectivity index (χ0) is 15.0. The Morgan fingerprint density at radius 2 is 2.05 bits per heavy atom. The first-order valence-electron chi connectivity index (χ1n) is 7.93. The summed E-state index contributed by atoms with van der Waals surface area (Å²) < 4.78 is 6.53. The van der Waals surface area contributed by atoms with E-state index >= 15 is 0 Å². The molecule has 116 valence electrons. The summed E-state index contributed by atoms with van der Waals surface area (Å²) in [5, 5.41) is 0. The molecule has 4 heteroatoms. The molecular weight excluding hydrogens is 328 g/mol. The fourth-order valence-corrected chi connectivity index (χ4v) is 4.20. The number of methoxy groups -OCH3 is 1. The van der Waals surface area contributed by atoms with E-state index in [1.54, 1.807) is 7.11 Å². The molecule has 2 saturated heterocycles. The van der Waals surface area contributed by atoms with Crippen molar-refractivity contribution in [3.05, 3.63) is 22.7 Å². The molecule has 3 nitrogen and oxygen atoms in total. The van der Waals surface area contributed by atoms with Crippen LogP contribution in [0.2, 0.25) is 0 Å². The molecule has 2 fully saturated rings. The maximum absolute atomic E-state index is 5.44. The van der Waals surface area contributed by atoms with Crippen molar-refractivity contribution in [2.75, 3.05) is 31.6 Å². The van der Waals surface area contributed by atoms with Gasteiger partial charge in [0.25, 0.3) is 0 Å². The van der Waals surface area contributed by atoms with E-state index in [0.29, 0.717) is 12.0 Å². The smallest absolute Gasteiger partial charge is 0.122 e. The van der Waals surface area contributed by atoms with Crippen LogP contribution in [-0.4, -0.2) is 43.7 Å². The highest BCUT2D eigenvalue weighted by Crippen LogP contribution is 2.34. The van der Waals surface area contributed by atoms with E-state index in [1.807, 2.05) is 6.07 Å². The van der Waals surface area contributed by atoms with Crippen molar-refractivity contribution in [1.82, 2.24) is 4.90 Å². The third-order valence-electron chi connectivity index (χ3n) is 4.92. The van der Waals surface area contributed by atoms with Crippen molar-refractivity contribution in [1.29, 1.82) is 0 Å². The van der Waals surface area contributed by atoms with E-state index in [2.05, 4.69) is 51.7 Å². The Labute approximate surface area is 136 Å². The number of benzene rings is 1. The van der Waals surface area contributed by atoms with Gasteiger partial charge in [0, 0.05) is 41.4 Å². The third-order valence-corrected chi connectivity index (χ3v) is 5.38. The molecule has 2 heterocycles. The fraction of sp³-hybridized carbons (Fsp3) is 0.647. The molecule has 21 heavy (non-hydrogen) atoms. The van der Waals surface area contributed by atoms with Gasteiger partial charge in [-0.15, -0.1) is 0 Å². The van der Waals surface area contributed by atoms with Gasteiger partial charge >= 0.3 is 0 Å². The summed E-state index contributed by atoms with van der Waals surface area (Å²) in [5.41, 5.74) is 1.28. The number of halogens is 1. The lowest BCUT2D eigenvalue weighted by atomic mass is 9.96. The van der Waals surface area contributed by atoms with Gasteiger partial charge in [-0.2, -0.15) is 0 Å². The summed E-state index contributed by atoms with van der Waals surface area (Å²) in [4.78, 5) is 5.29. The van der Waals surface area contributed by atoms with Gasteiger partial charge in [-0.05, 0) is 37.4 Å². The molecule has 2 atom stereocenters. The van der Waals surface area contributed by atoms with Crippen LogP contribution in [0.1, 0.15) is 26.7 Å². The molecule has 1 aromatic carbocycles. The van der Waals surface area contributed by atoms with Gasteiger partial charge in [0.05, 0.1) is 7.11 Å². The lowest BCUT2D eigenvalue weighted by molar-refractivity contribution is 0.176. The summed E-state index contributed by atoms with van der Waals surface area (Å²) >= 11 is 3.62. The summed E-state index contributed by atoms with van der Waals surface area (Å²) in [7, 11) is 1.74. The zero-order valence-electron chi connectivity index (χ0n) is 13.2. The van der Waals surface area contributed by atoms with E-state index in [0.717, 1.165) is 22.8 Å². The Hall–Kier alpha value is -0.740. The van der Waals surface area contributed by atoms with E-state index < -0.39 is 0 Å². The maximum atomic E-state index is 5.44. The van der Waals surface area contributed by atoms with Crippen LogP contribution < -0.4 is 9.64 Å². The number of hydrogen-bond donors (Lipinski definition) is 0.